The Morgan fingerprint density at radius 1 is 0.865 bits per heavy atom. The highest BCUT2D eigenvalue weighted by molar-refractivity contribution is 6.30. The van der Waals surface area contributed by atoms with Crippen LogP contribution in [-0.4, -0.2) is 35.4 Å². The zero-order valence-electron chi connectivity index (χ0n) is 19.7. The Morgan fingerprint density at radius 3 is 2.43 bits per heavy atom. The number of carbonyl (C=O) groups excluding carboxylic acids is 1. The largest absolute Gasteiger partial charge is 0.306 e. The highest BCUT2D eigenvalue weighted by Crippen LogP contribution is 2.26. The monoisotopic (exact) mass is 505 g/mol. The van der Waals surface area contributed by atoms with E-state index in [1.807, 2.05) is 79.7 Å². The Morgan fingerprint density at radius 2 is 1.65 bits per heavy atom. The molecule has 0 bridgehead atoms. The number of aryl methyl sites for hydroxylation is 1. The normalized spacial score (nSPS) is 11.1. The second kappa shape index (κ2) is 9.33. The van der Waals surface area contributed by atoms with Crippen LogP contribution in [0.2, 0.25) is 5.02 Å². The van der Waals surface area contributed by atoms with E-state index in [9.17, 15) is 4.79 Å². The second-order valence-electron chi connectivity index (χ2n) is 8.45. The summed E-state index contributed by atoms with van der Waals surface area (Å²) < 4.78 is 3.29. The maximum absolute atomic E-state index is 13.1. The fourth-order valence-corrected chi connectivity index (χ4v) is 4.36. The third-order valence-electron chi connectivity index (χ3n) is 5.93. The van der Waals surface area contributed by atoms with Crippen LogP contribution in [0, 0.1) is 6.92 Å². The van der Waals surface area contributed by atoms with Crippen molar-refractivity contribution < 1.29 is 4.79 Å². The van der Waals surface area contributed by atoms with Gasteiger partial charge in [0.25, 0.3) is 5.91 Å². The minimum atomic E-state index is -0.249. The van der Waals surface area contributed by atoms with Crippen molar-refractivity contribution in [1.82, 2.24) is 29.5 Å². The van der Waals surface area contributed by atoms with Gasteiger partial charge in [-0.1, -0.05) is 60.1 Å². The van der Waals surface area contributed by atoms with E-state index in [1.54, 1.807) is 27.7 Å². The van der Waals surface area contributed by atoms with Crippen LogP contribution in [0.3, 0.4) is 0 Å². The van der Waals surface area contributed by atoms with Crippen molar-refractivity contribution in [2.24, 2.45) is 0 Å². The molecule has 3 heterocycles. The van der Waals surface area contributed by atoms with Crippen molar-refractivity contribution in [3.05, 3.63) is 114 Å². The molecule has 9 heteroatoms. The van der Waals surface area contributed by atoms with Crippen LogP contribution in [0.25, 0.3) is 33.7 Å². The average Bonchev–Trinajstić information content (AvgIpc) is 3.52. The average molecular weight is 506 g/mol. The van der Waals surface area contributed by atoms with Gasteiger partial charge in [-0.15, -0.1) is 0 Å². The third-order valence-corrected chi connectivity index (χ3v) is 6.16. The summed E-state index contributed by atoms with van der Waals surface area (Å²) in [6, 6.07) is 26.7. The van der Waals surface area contributed by atoms with E-state index in [-0.39, 0.29) is 5.91 Å². The van der Waals surface area contributed by atoms with E-state index < -0.39 is 0 Å². The van der Waals surface area contributed by atoms with Gasteiger partial charge in [0.1, 0.15) is 12.1 Å². The summed E-state index contributed by atoms with van der Waals surface area (Å²) in [5, 5.41) is 13.3. The molecule has 0 aliphatic heterocycles. The lowest BCUT2D eigenvalue weighted by atomic mass is 10.0. The van der Waals surface area contributed by atoms with Crippen LogP contribution in [0.15, 0.2) is 97.5 Å². The molecule has 1 N–H and O–H groups in total. The molecule has 37 heavy (non-hydrogen) atoms. The first-order chi connectivity index (χ1) is 18.1. The molecular formula is C28H20ClN7O. The molecule has 6 aromatic rings. The molecule has 0 atom stereocenters. The maximum Gasteiger partial charge on any atom is 0.256 e. The van der Waals surface area contributed by atoms with E-state index in [1.165, 1.54) is 6.33 Å². The van der Waals surface area contributed by atoms with Gasteiger partial charge in [-0.05, 0) is 48.4 Å². The van der Waals surface area contributed by atoms with Crippen LogP contribution in [0.5, 0.6) is 0 Å². The minimum absolute atomic E-state index is 0.249. The van der Waals surface area contributed by atoms with Crippen molar-refractivity contribution in [2.75, 3.05) is 5.32 Å². The van der Waals surface area contributed by atoms with Crippen LogP contribution in [-0.2, 0) is 0 Å². The predicted octanol–water partition coefficient (Wildman–Crippen LogP) is 5.88. The molecule has 3 aromatic heterocycles. The third kappa shape index (κ3) is 4.34. The van der Waals surface area contributed by atoms with Crippen molar-refractivity contribution in [2.45, 2.75) is 6.92 Å². The second-order valence-corrected chi connectivity index (χ2v) is 8.89. The Hall–Kier alpha value is -4.82. The molecule has 0 aliphatic carbocycles. The summed E-state index contributed by atoms with van der Waals surface area (Å²) in [6.07, 6.45) is 3.13. The van der Waals surface area contributed by atoms with Crippen LogP contribution >= 0.6 is 11.6 Å². The first-order valence-corrected chi connectivity index (χ1v) is 11.9. The Labute approximate surface area is 217 Å². The molecule has 0 aliphatic rings. The Kier molecular flexibility index (Phi) is 5.71. The molecule has 0 unspecified atom stereocenters. The summed E-state index contributed by atoms with van der Waals surface area (Å²) >= 11 is 6.17. The Bertz CT molecular complexity index is 1740. The summed E-state index contributed by atoms with van der Waals surface area (Å²) in [5.74, 6) is 0.743. The van der Waals surface area contributed by atoms with Gasteiger partial charge in [-0.2, -0.15) is 14.9 Å². The highest BCUT2D eigenvalue weighted by Gasteiger charge is 2.18. The number of aromatic nitrogens is 6. The number of hydrogen-bond acceptors (Lipinski definition) is 5. The fraction of sp³-hybridized carbons (Fsp3) is 0.0357. The van der Waals surface area contributed by atoms with Crippen molar-refractivity contribution in [1.29, 1.82) is 0 Å². The molecule has 0 fully saturated rings. The van der Waals surface area contributed by atoms with Gasteiger partial charge < -0.3 is 5.32 Å². The van der Waals surface area contributed by atoms with Crippen LogP contribution in [0.1, 0.15) is 16.1 Å². The lowest BCUT2D eigenvalue weighted by molar-refractivity contribution is 0.102. The summed E-state index contributed by atoms with van der Waals surface area (Å²) in [6.45, 7) is 1.86. The molecule has 3 aromatic carbocycles. The molecule has 0 saturated carbocycles. The van der Waals surface area contributed by atoms with Gasteiger partial charge in [0, 0.05) is 16.7 Å². The number of fused-ring (bicyclic) bond motifs is 1. The molecule has 6 rings (SSSR count). The van der Waals surface area contributed by atoms with E-state index in [0.29, 0.717) is 33.3 Å². The summed E-state index contributed by atoms with van der Waals surface area (Å²) in [5.41, 5.74) is 4.76. The quantitative estimate of drug-likeness (QED) is 0.316. The van der Waals surface area contributed by atoms with E-state index in [2.05, 4.69) is 25.5 Å². The van der Waals surface area contributed by atoms with Crippen molar-refractivity contribution >= 4 is 34.4 Å². The predicted molar refractivity (Wildman–Crippen MR) is 143 cm³/mol. The number of hydrogen-bond donors (Lipinski definition) is 1. The molecule has 180 valence electrons. The number of rotatable bonds is 5. The van der Waals surface area contributed by atoms with Crippen molar-refractivity contribution in [3.8, 4) is 22.6 Å². The molecular weight excluding hydrogens is 486 g/mol. The van der Waals surface area contributed by atoms with Gasteiger partial charge in [-0.3, -0.25) is 4.79 Å². The number of anilines is 1. The van der Waals surface area contributed by atoms with E-state index in [0.717, 1.165) is 22.5 Å². The van der Waals surface area contributed by atoms with Gasteiger partial charge in [0.05, 0.1) is 23.0 Å². The number of halogens is 1. The summed E-state index contributed by atoms with van der Waals surface area (Å²) in [7, 11) is 0. The van der Waals surface area contributed by atoms with Crippen LogP contribution < -0.4 is 5.32 Å². The van der Waals surface area contributed by atoms with Gasteiger partial charge in [-0.25, -0.2) is 14.6 Å². The first-order valence-electron chi connectivity index (χ1n) is 11.6. The number of nitrogens with one attached hydrogen (secondary N) is 1. The van der Waals surface area contributed by atoms with Gasteiger partial charge in [0.2, 0.25) is 0 Å². The fourth-order valence-electron chi connectivity index (χ4n) is 4.18. The van der Waals surface area contributed by atoms with E-state index in [4.69, 9.17) is 11.6 Å². The van der Waals surface area contributed by atoms with E-state index >= 15 is 0 Å². The van der Waals surface area contributed by atoms with Gasteiger partial charge in [0.15, 0.2) is 11.5 Å². The summed E-state index contributed by atoms with van der Waals surface area (Å²) in [4.78, 5) is 22.0. The van der Waals surface area contributed by atoms with Gasteiger partial charge >= 0.3 is 0 Å². The maximum atomic E-state index is 13.1. The smallest absolute Gasteiger partial charge is 0.256 e. The van der Waals surface area contributed by atoms with Crippen LogP contribution in [0.4, 0.5) is 5.82 Å². The topological polar surface area (TPSA) is 90.5 Å². The SMILES string of the molecule is Cc1cc(NC(=O)c2ccc(-c3ccccc3)cc2)n(-c2ncnc3c2cnn3-c2cccc(Cl)c2)n1. The van der Waals surface area contributed by atoms with Crippen molar-refractivity contribution in [3.63, 3.8) is 0 Å². The Balaban J connectivity index is 1.33. The zero-order chi connectivity index (χ0) is 25.4. The number of benzene rings is 3. The molecule has 0 saturated heterocycles. The lowest BCUT2D eigenvalue weighted by Crippen LogP contribution is -2.15. The molecule has 0 spiro atoms. The molecule has 1 amide bonds. The highest BCUT2D eigenvalue weighted by atomic mass is 35.5. The zero-order valence-corrected chi connectivity index (χ0v) is 20.5. The first kappa shape index (κ1) is 22.6. The molecule has 8 nitrogen and oxygen atoms in total. The molecule has 0 radical (unpaired) electrons. The lowest BCUT2D eigenvalue weighted by Gasteiger charge is -2.10. The minimum Gasteiger partial charge on any atom is -0.306 e. The number of amides is 1. The number of nitrogens with zero attached hydrogens (tertiary/aromatic N) is 6. The number of carbonyl (C=O) groups is 1. The standard InChI is InChI=1S/C28H20ClN7O/c1-18-14-25(33-28(37)21-12-10-20(11-13-21)19-6-3-2-4-7-19)36(34-18)27-24-16-32-35(26(24)30-17-31-27)23-9-5-8-22(29)15-23/h2-17H,1H3,(H,33,37).